The highest BCUT2D eigenvalue weighted by molar-refractivity contribution is 9.10. The zero-order valence-electron chi connectivity index (χ0n) is 15.2. The van der Waals surface area contributed by atoms with Crippen molar-refractivity contribution in [2.24, 2.45) is 5.14 Å². The van der Waals surface area contributed by atoms with E-state index >= 15 is 0 Å². The number of benzene rings is 2. The van der Waals surface area contributed by atoms with Gasteiger partial charge in [-0.15, -0.1) is 0 Å². The predicted molar refractivity (Wildman–Crippen MR) is 108 cm³/mol. The number of halogens is 1. The number of amides is 4. The highest BCUT2D eigenvalue weighted by Crippen LogP contribution is 2.30. The highest BCUT2D eigenvalue weighted by Gasteiger charge is 2.49. The summed E-state index contributed by atoms with van der Waals surface area (Å²) in [5, 5.41) is 10.2. The van der Waals surface area contributed by atoms with E-state index in [2.05, 4.69) is 26.6 Å². The van der Waals surface area contributed by atoms with Gasteiger partial charge in [-0.25, -0.2) is 18.4 Å². The maximum atomic E-state index is 12.9. The minimum absolute atomic E-state index is 0.102. The number of nitrogens with zero attached hydrogens (tertiary/aromatic N) is 1. The molecular formula is C18H17BrN4O5S. The molecule has 0 unspecified atom stereocenters. The van der Waals surface area contributed by atoms with Crippen LogP contribution in [0.15, 0.2) is 57.9 Å². The Hall–Kier alpha value is -2.76. The molecule has 0 saturated carbocycles. The largest absolute Gasteiger partial charge is 0.325 e. The van der Waals surface area contributed by atoms with E-state index in [1.54, 1.807) is 31.2 Å². The SMILES string of the molecule is C[C@@]1(c2cccc(Br)c2)NC(=O)N(CC(=O)Nc2ccc(S(N)(=O)=O)cc2)C1=O. The van der Waals surface area contributed by atoms with Crippen molar-refractivity contribution in [3.05, 3.63) is 58.6 Å². The second-order valence-corrected chi connectivity index (χ2v) is 9.05. The smallest absolute Gasteiger partial charge is 0.325 e. The molecular weight excluding hydrogens is 464 g/mol. The predicted octanol–water partition coefficient (Wildman–Crippen LogP) is 1.50. The quantitative estimate of drug-likeness (QED) is 0.556. The molecule has 1 heterocycles. The van der Waals surface area contributed by atoms with E-state index in [-0.39, 0.29) is 4.90 Å². The van der Waals surface area contributed by atoms with Crippen molar-refractivity contribution < 1.29 is 22.8 Å². The first kappa shape index (κ1) is 21.0. The molecule has 1 atom stereocenters. The third-order valence-corrected chi connectivity index (χ3v) is 5.87. The number of imide groups is 1. The molecule has 1 fully saturated rings. The average Bonchev–Trinajstić information content (AvgIpc) is 2.85. The minimum atomic E-state index is -3.85. The Morgan fingerprint density at radius 1 is 1.21 bits per heavy atom. The lowest BCUT2D eigenvalue weighted by Crippen LogP contribution is -2.42. The van der Waals surface area contributed by atoms with Gasteiger partial charge in [0.2, 0.25) is 15.9 Å². The molecule has 1 aliphatic heterocycles. The molecule has 0 spiro atoms. The van der Waals surface area contributed by atoms with Crippen LogP contribution in [0.4, 0.5) is 10.5 Å². The number of rotatable bonds is 5. The molecule has 2 aromatic rings. The van der Waals surface area contributed by atoms with E-state index in [9.17, 15) is 22.8 Å². The number of anilines is 1. The average molecular weight is 481 g/mol. The highest BCUT2D eigenvalue weighted by atomic mass is 79.9. The van der Waals surface area contributed by atoms with Crippen LogP contribution >= 0.6 is 15.9 Å². The van der Waals surface area contributed by atoms with Crippen LogP contribution in [-0.2, 0) is 25.2 Å². The molecule has 29 heavy (non-hydrogen) atoms. The number of primary sulfonamides is 1. The fourth-order valence-corrected chi connectivity index (χ4v) is 3.82. The van der Waals surface area contributed by atoms with Crippen molar-refractivity contribution in [2.75, 3.05) is 11.9 Å². The third-order valence-electron chi connectivity index (χ3n) is 4.45. The number of urea groups is 1. The second kappa shape index (κ2) is 7.58. The van der Waals surface area contributed by atoms with Gasteiger partial charge in [-0.3, -0.25) is 14.5 Å². The lowest BCUT2D eigenvalue weighted by Gasteiger charge is -2.22. The lowest BCUT2D eigenvalue weighted by atomic mass is 9.92. The van der Waals surface area contributed by atoms with Gasteiger partial charge in [-0.1, -0.05) is 28.1 Å². The Kier molecular flexibility index (Phi) is 5.48. The Balaban J connectivity index is 1.72. The zero-order valence-corrected chi connectivity index (χ0v) is 17.6. The monoisotopic (exact) mass is 480 g/mol. The summed E-state index contributed by atoms with van der Waals surface area (Å²) in [5.41, 5.74) is -0.422. The molecule has 0 aliphatic carbocycles. The molecule has 3 rings (SSSR count). The Bertz CT molecular complexity index is 1100. The normalized spacial score (nSPS) is 19.2. The third kappa shape index (κ3) is 4.31. The van der Waals surface area contributed by atoms with E-state index in [4.69, 9.17) is 5.14 Å². The molecule has 0 aromatic heterocycles. The van der Waals surface area contributed by atoms with Gasteiger partial charge in [0.1, 0.15) is 12.1 Å². The molecule has 1 aliphatic rings. The number of carbonyl (C=O) groups excluding carboxylic acids is 3. The van der Waals surface area contributed by atoms with Crippen LogP contribution in [0.3, 0.4) is 0 Å². The number of nitrogens with one attached hydrogen (secondary N) is 2. The van der Waals surface area contributed by atoms with Crippen molar-refractivity contribution in [1.29, 1.82) is 0 Å². The second-order valence-electron chi connectivity index (χ2n) is 6.57. The summed E-state index contributed by atoms with van der Waals surface area (Å²) in [4.78, 5) is 38.2. The summed E-state index contributed by atoms with van der Waals surface area (Å²) >= 11 is 3.33. The molecule has 9 nitrogen and oxygen atoms in total. The fraction of sp³-hybridized carbons (Fsp3) is 0.167. The Morgan fingerprint density at radius 3 is 2.45 bits per heavy atom. The first-order valence-electron chi connectivity index (χ1n) is 8.33. The molecule has 1 saturated heterocycles. The number of sulfonamides is 1. The van der Waals surface area contributed by atoms with Gasteiger partial charge < -0.3 is 10.6 Å². The number of carbonyl (C=O) groups is 3. The van der Waals surface area contributed by atoms with E-state index in [0.717, 1.165) is 9.37 Å². The van der Waals surface area contributed by atoms with Crippen LogP contribution in [0.1, 0.15) is 12.5 Å². The maximum absolute atomic E-state index is 12.9. The lowest BCUT2D eigenvalue weighted by molar-refractivity contribution is -0.133. The summed E-state index contributed by atoms with van der Waals surface area (Å²) in [5.74, 6) is -1.17. The zero-order chi connectivity index (χ0) is 21.4. The van der Waals surface area contributed by atoms with Crippen molar-refractivity contribution in [3.63, 3.8) is 0 Å². The Morgan fingerprint density at radius 2 is 1.86 bits per heavy atom. The molecule has 152 valence electrons. The Labute approximate surface area is 175 Å². The molecule has 4 N–H and O–H groups in total. The summed E-state index contributed by atoms with van der Waals surface area (Å²) < 4.78 is 23.3. The fourth-order valence-electron chi connectivity index (χ4n) is 2.91. The van der Waals surface area contributed by atoms with Gasteiger partial charge in [0, 0.05) is 10.2 Å². The number of nitrogens with two attached hydrogens (primary N) is 1. The van der Waals surface area contributed by atoms with Crippen LogP contribution in [0, 0.1) is 0 Å². The van der Waals surface area contributed by atoms with Crippen molar-refractivity contribution in [3.8, 4) is 0 Å². The molecule has 11 heteroatoms. The summed E-state index contributed by atoms with van der Waals surface area (Å²) in [6.45, 7) is 1.07. The van der Waals surface area contributed by atoms with Gasteiger partial charge in [-0.2, -0.15) is 0 Å². The van der Waals surface area contributed by atoms with E-state index in [1.165, 1.54) is 24.3 Å². The standard InChI is InChI=1S/C18H17BrN4O5S/c1-18(11-3-2-4-12(19)9-11)16(25)23(17(26)22-18)10-15(24)21-13-5-7-14(8-6-13)29(20,27)28/h2-9H,10H2,1H3,(H,21,24)(H,22,26)(H2,20,27,28)/t18-/m0/s1. The molecule has 2 aromatic carbocycles. The maximum Gasteiger partial charge on any atom is 0.325 e. The van der Waals surface area contributed by atoms with E-state index in [1.807, 2.05) is 0 Å². The minimum Gasteiger partial charge on any atom is -0.325 e. The van der Waals surface area contributed by atoms with Gasteiger partial charge in [0.25, 0.3) is 5.91 Å². The first-order valence-corrected chi connectivity index (χ1v) is 10.7. The molecule has 4 amide bonds. The van der Waals surface area contributed by atoms with E-state index < -0.39 is 40.0 Å². The van der Waals surface area contributed by atoms with Crippen molar-refractivity contribution >= 4 is 49.5 Å². The van der Waals surface area contributed by atoms with Crippen molar-refractivity contribution in [1.82, 2.24) is 10.2 Å². The molecule has 0 radical (unpaired) electrons. The summed E-state index contributed by atoms with van der Waals surface area (Å²) in [6, 6.07) is 11.5. The number of hydrogen-bond acceptors (Lipinski definition) is 5. The summed E-state index contributed by atoms with van der Waals surface area (Å²) in [6.07, 6.45) is 0. The van der Waals surface area contributed by atoms with Crippen LogP contribution in [0.25, 0.3) is 0 Å². The van der Waals surface area contributed by atoms with E-state index in [0.29, 0.717) is 11.3 Å². The van der Waals surface area contributed by atoms with Crippen LogP contribution < -0.4 is 15.8 Å². The summed E-state index contributed by atoms with van der Waals surface area (Å²) in [7, 11) is -3.85. The van der Waals surface area contributed by atoms with Gasteiger partial charge in [-0.05, 0) is 48.9 Å². The van der Waals surface area contributed by atoms with Gasteiger partial charge >= 0.3 is 6.03 Å². The van der Waals surface area contributed by atoms with Crippen LogP contribution in [0.2, 0.25) is 0 Å². The van der Waals surface area contributed by atoms with Crippen LogP contribution in [0.5, 0.6) is 0 Å². The first-order chi connectivity index (χ1) is 13.5. The molecule has 0 bridgehead atoms. The van der Waals surface area contributed by atoms with Gasteiger partial charge in [0.05, 0.1) is 4.90 Å². The van der Waals surface area contributed by atoms with Crippen LogP contribution in [-0.4, -0.2) is 37.7 Å². The number of hydrogen-bond donors (Lipinski definition) is 3. The van der Waals surface area contributed by atoms with Gasteiger partial charge in [0.15, 0.2) is 0 Å². The van der Waals surface area contributed by atoms with Crippen molar-refractivity contribution in [2.45, 2.75) is 17.4 Å². The topological polar surface area (TPSA) is 139 Å².